The van der Waals surface area contributed by atoms with Gasteiger partial charge in [-0.05, 0) is 25.0 Å². The van der Waals surface area contributed by atoms with E-state index in [9.17, 15) is 18.8 Å². The van der Waals surface area contributed by atoms with Crippen molar-refractivity contribution in [1.29, 1.82) is 0 Å². The number of carbonyl (C=O) groups excluding carboxylic acids is 3. The number of nitrogens with zero attached hydrogens (tertiary/aromatic N) is 1. The van der Waals surface area contributed by atoms with E-state index in [1.54, 1.807) is 0 Å². The summed E-state index contributed by atoms with van der Waals surface area (Å²) in [5, 5.41) is 2.12. The molecule has 3 aliphatic heterocycles. The summed E-state index contributed by atoms with van der Waals surface area (Å²) in [7, 11) is 0. The van der Waals surface area contributed by atoms with Crippen molar-refractivity contribution in [3.05, 3.63) is 29.1 Å². The van der Waals surface area contributed by atoms with Gasteiger partial charge in [0.15, 0.2) is 0 Å². The van der Waals surface area contributed by atoms with Crippen LogP contribution in [0.4, 0.5) is 13.6 Å². The third-order valence-electron chi connectivity index (χ3n) is 5.88. The lowest BCUT2D eigenvalue weighted by molar-refractivity contribution is -0.146. The largest absolute Gasteiger partial charge is 0.493 e. The molecule has 10 heteroatoms. The minimum atomic E-state index is -1.89. The van der Waals surface area contributed by atoms with E-state index < -0.39 is 54.3 Å². The van der Waals surface area contributed by atoms with Gasteiger partial charge in [-0.25, -0.2) is 13.6 Å². The Hall–Kier alpha value is -2.59. The second-order valence-electron chi connectivity index (χ2n) is 7.76. The molecule has 0 aromatic heterocycles. The number of barbiturate groups is 1. The summed E-state index contributed by atoms with van der Waals surface area (Å²) in [4.78, 5) is 38.3. The van der Waals surface area contributed by atoms with E-state index in [0.29, 0.717) is 50.4 Å². The summed E-state index contributed by atoms with van der Waals surface area (Å²) < 4.78 is 40.1. The third kappa shape index (κ3) is 3.77. The fourth-order valence-electron chi connectivity index (χ4n) is 4.16. The molecule has 8 nitrogen and oxygen atoms in total. The van der Waals surface area contributed by atoms with E-state index in [-0.39, 0.29) is 5.56 Å². The van der Waals surface area contributed by atoms with Gasteiger partial charge in [-0.1, -0.05) is 0 Å². The van der Waals surface area contributed by atoms with Gasteiger partial charge in [0.1, 0.15) is 23.7 Å². The number of fused-ring (bicyclic) bond motifs is 1. The van der Waals surface area contributed by atoms with Crippen LogP contribution in [0.25, 0.3) is 0 Å². The van der Waals surface area contributed by atoms with Crippen molar-refractivity contribution < 1.29 is 32.6 Å². The molecule has 2 saturated heterocycles. The van der Waals surface area contributed by atoms with E-state index in [1.807, 2.05) is 0 Å². The van der Waals surface area contributed by atoms with E-state index in [4.69, 9.17) is 15.2 Å². The number of imide groups is 2. The third-order valence-corrected chi connectivity index (χ3v) is 5.88. The van der Waals surface area contributed by atoms with Crippen LogP contribution in [0, 0.1) is 11.7 Å². The SMILES string of the molecule is NC(c1cc2c(cc1F)CCO2)C(F)CC1C(=O)NC(=O)N(C2CCOCC2)C1=O. The van der Waals surface area contributed by atoms with Crippen LogP contribution in [0.1, 0.15) is 36.4 Å². The Morgan fingerprint density at radius 2 is 1.93 bits per heavy atom. The molecular weight excluding hydrogens is 400 g/mol. The molecule has 0 aliphatic carbocycles. The van der Waals surface area contributed by atoms with Crippen LogP contribution in [0.2, 0.25) is 0 Å². The van der Waals surface area contributed by atoms with Crippen LogP contribution in [0.5, 0.6) is 5.75 Å². The maximum absolute atomic E-state index is 15.0. The first-order chi connectivity index (χ1) is 14.4. The van der Waals surface area contributed by atoms with Gasteiger partial charge >= 0.3 is 6.03 Å². The van der Waals surface area contributed by atoms with Gasteiger partial charge < -0.3 is 15.2 Å². The number of amides is 4. The molecule has 1 aromatic rings. The van der Waals surface area contributed by atoms with Gasteiger partial charge in [0.05, 0.1) is 12.6 Å². The highest BCUT2D eigenvalue weighted by molar-refractivity contribution is 6.16. The van der Waals surface area contributed by atoms with Crippen LogP contribution in [-0.4, -0.2) is 54.8 Å². The molecule has 162 valence electrons. The van der Waals surface area contributed by atoms with Crippen LogP contribution in [0.3, 0.4) is 0 Å². The Labute approximate surface area is 171 Å². The smallest absolute Gasteiger partial charge is 0.331 e. The van der Waals surface area contributed by atoms with E-state index in [2.05, 4.69) is 5.32 Å². The molecule has 1 aromatic carbocycles. The topological polar surface area (TPSA) is 111 Å². The zero-order chi connectivity index (χ0) is 21.4. The summed E-state index contributed by atoms with van der Waals surface area (Å²) in [5.41, 5.74) is 6.54. The van der Waals surface area contributed by atoms with Crippen molar-refractivity contribution in [2.75, 3.05) is 19.8 Å². The quantitative estimate of drug-likeness (QED) is 0.692. The fourth-order valence-corrected chi connectivity index (χ4v) is 4.16. The lowest BCUT2D eigenvalue weighted by Crippen LogP contribution is -2.62. The Balaban J connectivity index is 1.50. The number of benzene rings is 1. The first-order valence-corrected chi connectivity index (χ1v) is 9.97. The molecule has 2 fully saturated rings. The molecule has 3 aliphatic rings. The predicted molar refractivity (Wildman–Crippen MR) is 99.8 cm³/mol. The zero-order valence-corrected chi connectivity index (χ0v) is 16.2. The molecule has 4 amide bonds. The molecule has 0 bridgehead atoms. The zero-order valence-electron chi connectivity index (χ0n) is 16.2. The average Bonchev–Trinajstić information content (AvgIpc) is 3.17. The number of hydrogen-bond donors (Lipinski definition) is 2. The average molecular weight is 423 g/mol. The first-order valence-electron chi connectivity index (χ1n) is 9.97. The molecular formula is C20H23F2N3O5. The standard InChI is InChI=1S/C20H23F2N3O5/c21-14-7-10-1-6-30-16(10)9-12(14)17(23)15(22)8-13-18(26)24-20(28)25(19(13)27)11-2-4-29-5-3-11/h7,9,11,13,15,17H,1-6,8,23H2,(H,24,26,28). The van der Waals surface area contributed by atoms with Crippen LogP contribution in [0.15, 0.2) is 12.1 Å². The van der Waals surface area contributed by atoms with E-state index >= 15 is 4.39 Å². The van der Waals surface area contributed by atoms with Gasteiger partial charge in [0.2, 0.25) is 11.8 Å². The van der Waals surface area contributed by atoms with E-state index in [0.717, 1.165) is 4.90 Å². The first kappa shape index (κ1) is 20.7. The Bertz CT molecular complexity index is 874. The lowest BCUT2D eigenvalue weighted by Gasteiger charge is -2.37. The van der Waals surface area contributed by atoms with Crippen molar-refractivity contribution in [3.8, 4) is 5.75 Å². The normalized spacial score (nSPS) is 24.3. The maximum Gasteiger partial charge on any atom is 0.331 e. The molecule has 3 unspecified atom stereocenters. The molecule has 3 heterocycles. The Morgan fingerprint density at radius 3 is 2.67 bits per heavy atom. The second-order valence-corrected chi connectivity index (χ2v) is 7.76. The summed E-state index contributed by atoms with van der Waals surface area (Å²) in [6.07, 6.45) is -0.995. The number of carbonyl (C=O) groups is 3. The molecule has 0 spiro atoms. The number of nitrogens with one attached hydrogen (secondary N) is 1. The maximum atomic E-state index is 15.0. The Kier molecular flexibility index (Phi) is 5.70. The summed E-state index contributed by atoms with van der Waals surface area (Å²) in [6, 6.07) is 0.0212. The van der Waals surface area contributed by atoms with Crippen molar-refractivity contribution in [3.63, 3.8) is 0 Å². The van der Waals surface area contributed by atoms with E-state index in [1.165, 1.54) is 12.1 Å². The number of halogens is 2. The number of hydrogen-bond acceptors (Lipinski definition) is 6. The minimum absolute atomic E-state index is 0.0795. The monoisotopic (exact) mass is 423 g/mol. The number of ether oxygens (including phenoxy) is 2. The number of urea groups is 1. The summed E-state index contributed by atoms with van der Waals surface area (Å²) in [6.45, 7) is 1.19. The number of alkyl halides is 1. The molecule has 0 saturated carbocycles. The van der Waals surface area contributed by atoms with Crippen LogP contribution in [-0.2, 0) is 20.7 Å². The minimum Gasteiger partial charge on any atom is -0.493 e. The molecule has 0 radical (unpaired) electrons. The highest BCUT2D eigenvalue weighted by Gasteiger charge is 2.45. The lowest BCUT2D eigenvalue weighted by atomic mass is 9.90. The van der Waals surface area contributed by atoms with Crippen LogP contribution >= 0.6 is 0 Å². The van der Waals surface area contributed by atoms with Crippen molar-refractivity contribution >= 4 is 17.8 Å². The molecule has 30 heavy (non-hydrogen) atoms. The van der Waals surface area contributed by atoms with Crippen molar-refractivity contribution in [2.45, 2.75) is 43.9 Å². The van der Waals surface area contributed by atoms with Crippen molar-refractivity contribution in [2.24, 2.45) is 11.7 Å². The highest BCUT2D eigenvalue weighted by atomic mass is 19.1. The molecule has 3 N–H and O–H groups in total. The predicted octanol–water partition coefficient (Wildman–Crippen LogP) is 1.36. The summed E-state index contributed by atoms with van der Waals surface area (Å²) in [5.74, 6) is -3.26. The summed E-state index contributed by atoms with van der Waals surface area (Å²) >= 11 is 0. The van der Waals surface area contributed by atoms with Gasteiger partial charge in [-0.15, -0.1) is 0 Å². The van der Waals surface area contributed by atoms with Crippen molar-refractivity contribution in [1.82, 2.24) is 10.2 Å². The van der Waals surface area contributed by atoms with Crippen LogP contribution < -0.4 is 15.8 Å². The number of rotatable bonds is 5. The van der Waals surface area contributed by atoms with Gasteiger partial charge in [-0.2, -0.15) is 0 Å². The number of nitrogens with two attached hydrogens (primary N) is 1. The highest BCUT2D eigenvalue weighted by Crippen LogP contribution is 2.34. The second kappa shape index (κ2) is 8.27. The van der Waals surface area contributed by atoms with Gasteiger partial charge in [0, 0.05) is 43.2 Å². The molecule has 3 atom stereocenters. The Morgan fingerprint density at radius 1 is 1.20 bits per heavy atom. The fraction of sp³-hybridized carbons (Fsp3) is 0.550. The molecule has 4 rings (SSSR count). The van der Waals surface area contributed by atoms with Gasteiger partial charge in [0.25, 0.3) is 0 Å². The van der Waals surface area contributed by atoms with Gasteiger partial charge in [-0.3, -0.25) is 19.8 Å².